The molecule has 0 unspecified atom stereocenters. The molecule has 1 fully saturated rings. The highest BCUT2D eigenvalue weighted by molar-refractivity contribution is 6.03. The van der Waals surface area contributed by atoms with Gasteiger partial charge < -0.3 is 5.11 Å². The molecular formula is C23H32N2O. The van der Waals surface area contributed by atoms with E-state index in [4.69, 9.17) is 0 Å². The van der Waals surface area contributed by atoms with E-state index >= 15 is 0 Å². The molecule has 2 rings (SSSR count). The van der Waals surface area contributed by atoms with Gasteiger partial charge in [0.15, 0.2) is 0 Å². The van der Waals surface area contributed by atoms with Crippen LogP contribution >= 0.6 is 0 Å². The molecule has 0 amide bonds. The van der Waals surface area contributed by atoms with Crippen molar-refractivity contribution in [1.29, 1.82) is 0 Å². The van der Waals surface area contributed by atoms with Crippen LogP contribution in [0.5, 0.6) is 0 Å². The molecule has 1 saturated heterocycles. The van der Waals surface area contributed by atoms with Crippen molar-refractivity contribution in [3.8, 4) is 0 Å². The summed E-state index contributed by atoms with van der Waals surface area (Å²) in [6, 6.07) is 0. The summed E-state index contributed by atoms with van der Waals surface area (Å²) < 4.78 is 0. The number of piperidine rings is 1. The van der Waals surface area contributed by atoms with E-state index in [0.29, 0.717) is 0 Å². The minimum Gasteiger partial charge on any atom is -0.508 e. The number of allylic oxidation sites excluding steroid dienone is 7. The molecule has 0 aromatic rings. The molecule has 3 heteroatoms. The van der Waals surface area contributed by atoms with Gasteiger partial charge in [0.05, 0.1) is 0 Å². The molecule has 0 radical (unpaired) electrons. The average molecular weight is 353 g/mol. The summed E-state index contributed by atoms with van der Waals surface area (Å²) in [6.45, 7) is 21.4. The van der Waals surface area contributed by atoms with E-state index in [2.05, 4.69) is 70.7 Å². The van der Waals surface area contributed by atoms with Crippen LogP contribution in [0.4, 0.5) is 0 Å². The second-order valence-corrected chi connectivity index (χ2v) is 8.08. The van der Waals surface area contributed by atoms with Crippen molar-refractivity contribution < 1.29 is 5.11 Å². The lowest BCUT2D eigenvalue weighted by Crippen LogP contribution is -2.52. The van der Waals surface area contributed by atoms with Gasteiger partial charge in [-0.25, -0.2) is 0 Å². The van der Waals surface area contributed by atoms with E-state index < -0.39 is 0 Å². The van der Waals surface area contributed by atoms with Gasteiger partial charge in [-0.05, 0) is 43.6 Å². The van der Waals surface area contributed by atoms with Crippen LogP contribution < -0.4 is 0 Å². The molecule has 2 heterocycles. The summed E-state index contributed by atoms with van der Waals surface area (Å²) in [7, 11) is 1.80. The summed E-state index contributed by atoms with van der Waals surface area (Å²) in [4.78, 5) is 6.77. The standard InChI is InChI=1S/C23H32N2O/c1-10-12-18(26)14-17-13-15(3)20-19(11-2)23(7,8)22(5,6)16(4)25(20)21(17)24-9/h10-12,14,26H,1,4,13H2,2-3,5-9H3/b17-14+,18-12+,19-11+,24-21?. The van der Waals surface area contributed by atoms with Gasteiger partial charge in [0.2, 0.25) is 0 Å². The van der Waals surface area contributed by atoms with Crippen LogP contribution in [0.15, 0.2) is 76.3 Å². The average Bonchev–Trinajstić information content (AvgIpc) is 2.55. The van der Waals surface area contributed by atoms with Gasteiger partial charge in [-0.2, -0.15) is 0 Å². The lowest BCUT2D eigenvalue weighted by atomic mass is 9.57. The topological polar surface area (TPSA) is 35.8 Å². The maximum absolute atomic E-state index is 10.1. The van der Waals surface area contributed by atoms with E-state index in [9.17, 15) is 5.11 Å². The Labute approximate surface area is 158 Å². The molecular weight excluding hydrogens is 320 g/mol. The SMILES string of the molecule is C=C/C=C(O)\C=C1/CC(C)=C2/C(=C\C)C(C)(C)C(C)(C)C(=C)N2C1=NC. The van der Waals surface area contributed by atoms with Crippen molar-refractivity contribution in [2.24, 2.45) is 15.8 Å². The highest BCUT2D eigenvalue weighted by Gasteiger charge is 2.52. The molecule has 0 saturated carbocycles. The zero-order chi connectivity index (χ0) is 19.9. The van der Waals surface area contributed by atoms with Gasteiger partial charge in [-0.3, -0.25) is 9.89 Å². The summed E-state index contributed by atoms with van der Waals surface area (Å²) in [5.41, 5.74) is 5.60. The van der Waals surface area contributed by atoms with E-state index in [1.165, 1.54) is 16.8 Å². The van der Waals surface area contributed by atoms with Crippen molar-refractivity contribution in [1.82, 2.24) is 4.90 Å². The summed E-state index contributed by atoms with van der Waals surface area (Å²) >= 11 is 0. The number of amidine groups is 1. The molecule has 2 aliphatic heterocycles. The lowest BCUT2D eigenvalue weighted by Gasteiger charge is -2.56. The summed E-state index contributed by atoms with van der Waals surface area (Å²) in [5, 5.41) is 10.1. The van der Waals surface area contributed by atoms with Crippen LogP contribution in [0, 0.1) is 10.8 Å². The molecule has 1 N–H and O–H groups in total. The first kappa shape index (κ1) is 20.0. The quantitative estimate of drug-likeness (QED) is 0.483. The van der Waals surface area contributed by atoms with E-state index in [-0.39, 0.29) is 16.6 Å². The number of aliphatic hydroxyl groups is 1. The number of aliphatic imine (C=N–C) groups is 1. The third-order valence-electron chi connectivity index (χ3n) is 6.18. The molecule has 0 aromatic carbocycles. The van der Waals surface area contributed by atoms with Crippen LogP contribution in [-0.4, -0.2) is 22.9 Å². The fraction of sp³-hybridized carbons (Fsp3) is 0.435. The van der Waals surface area contributed by atoms with Gasteiger partial charge >= 0.3 is 0 Å². The Kier molecular flexibility index (Phi) is 5.23. The molecule has 3 nitrogen and oxygen atoms in total. The number of hydrogen-bond acceptors (Lipinski definition) is 2. The highest BCUT2D eigenvalue weighted by atomic mass is 16.3. The third kappa shape index (κ3) is 2.80. The molecule has 26 heavy (non-hydrogen) atoms. The Bertz CT molecular complexity index is 798. The Balaban J connectivity index is 2.78. The van der Waals surface area contributed by atoms with Crippen LogP contribution in [0.3, 0.4) is 0 Å². The molecule has 0 aromatic heterocycles. The molecule has 0 aliphatic carbocycles. The predicted molar refractivity (Wildman–Crippen MR) is 112 cm³/mol. The first-order valence-corrected chi connectivity index (χ1v) is 9.10. The number of aliphatic hydroxyl groups excluding tert-OH is 1. The van der Waals surface area contributed by atoms with E-state index in [1.807, 2.05) is 0 Å². The van der Waals surface area contributed by atoms with Crippen molar-refractivity contribution in [3.05, 3.63) is 71.3 Å². The van der Waals surface area contributed by atoms with Crippen LogP contribution in [0.2, 0.25) is 0 Å². The third-order valence-corrected chi connectivity index (χ3v) is 6.18. The van der Waals surface area contributed by atoms with E-state index in [1.54, 1.807) is 25.3 Å². The molecule has 0 spiro atoms. The van der Waals surface area contributed by atoms with Crippen molar-refractivity contribution in [3.63, 3.8) is 0 Å². The van der Waals surface area contributed by atoms with E-state index in [0.717, 1.165) is 23.5 Å². The lowest BCUT2D eigenvalue weighted by molar-refractivity contribution is 0.145. The summed E-state index contributed by atoms with van der Waals surface area (Å²) in [5.74, 6) is 1.03. The van der Waals surface area contributed by atoms with Crippen LogP contribution in [-0.2, 0) is 0 Å². The maximum Gasteiger partial charge on any atom is 0.135 e. The monoisotopic (exact) mass is 352 g/mol. The Morgan fingerprint density at radius 3 is 2.35 bits per heavy atom. The smallest absolute Gasteiger partial charge is 0.135 e. The Hall–Kier alpha value is -2.29. The van der Waals surface area contributed by atoms with Gasteiger partial charge in [-0.15, -0.1) is 0 Å². The minimum atomic E-state index is -0.143. The largest absolute Gasteiger partial charge is 0.508 e. The summed E-state index contributed by atoms with van der Waals surface area (Å²) in [6.07, 6.45) is 7.91. The first-order chi connectivity index (χ1) is 12.0. The first-order valence-electron chi connectivity index (χ1n) is 9.10. The van der Waals surface area contributed by atoms with Crippen molar-refractivity contribution in [2.75, 3.05) is 7.05 Å². The number of hydrogen-bond donors (Lipinski definition) is 1. The predicted octanol–water partition coefficient (Wildman–Crippen LogP) is 6.07. The highest BCUT2D eigenvalue weighted by Crippen LogP contribution is 2.58. The fourth-order valence-electron chi connectivity index (χ4n) is 3.98. The molecule has 0 bridgehead atoms. The molecule has 0 atom stereocenters. The van der Waals surface area contributed by atoms with Crippen LogP contribution in [0.25, 0.3) is 0 Å². The zero-order valence-corrected chi connectivity index (χ0v) is 17.3. The number of fused-ring (bicyclic) bond motifs is 1. The number of rotatable bonds is 2. The molecule has 2 aliphatic rings. The fourth-order valence-corrected chi connectivity index (χ4v) is 3.98. The minimum absolute atomic E-state index is 0.0448. The van der Waals surface area contributed by atoms with Gasteiger partial charge in [0, 0.05) is 34.8 Å². The normalized spacial score (nSPS) is 27.3. The number of nitrogens with zero attached hydrogens (tertiary/aromatic N) is 2. The zero-order valence-electron chi connectivity index (χ0n) is 17.3. The van der Waals surface area contributed by atoms with Crippen molar-refractivity contribution >= 4 is 5.84 Å². The van der Waals surface area contributed by atoms with Gasteiger partial charge in [0.25, 0.3) is 0 Å². The van der Waals surface area contributed by atoms with Crippen molar-refractivity contribution in [2.45, 2.75) is 48.0 Å². The Morgan fingerprint density at radius 1 is 1.23 bits per heavy atom. The second-order valence-electron chi connectivity index (χ2n) is 8.08. The van der Waals surface area contributed by atoms with Gasteiger partial charge in [-0.1, -0.05) is 53.0 Å². The van der Waals surface area contributed by atoms with Gasteiger partial charge in [0.1, 0.15) is 11.6 Å². The maximum atomic E-state index is 10.1. The Morgan fingerprint density at radius 2 is 1.85 bits per heavy atom. The van der Waals surface area contributed by atoms with Crippen LogP contribution in [0.1, 0.15) is 48.0 Å². The molecule has 140 valence electrons. The second kappa shape index (κ2) is 6.79.